The first-order chi connectivity index (χ1) is 8.24. The Hall–Kier alpha value is -0.120. The van der Waals surface area contributed by atoms with Crippen LogP contribution in [-0.4, -0.2) is 62.7 Å². The molecule has 0 aliphatic carbocycles. The van der Waals surface area contributed by atoms with Crippen LogP contribution in [0.1, 0.15) is 32.6 Å². The Bertz CT molecular complexity index is 224. The molecule has 0 unspecified atom stereocenters. The molecule has 2 fully saturated rings. The van der Waals surface area contributed by atoms with Crippen molar-refractivity contribution in [2.75, 3.05) is 52.9 Å². The van der Waals surface area contributed by atoms with Crippen LogP contribution in [-0.2, 0) is 0 Å². The normalized spacial score (nSPS) is 27.9. The highest BCUT2D eigenvalue weighted by molar-refractivity contribution is 4.87. The van der Waals surface area contributed by atoms with Crippen LogP contribution in [0.15, 0.2) is 0 Å². The molecule has 3 heteroatoms. The van der Waals surface area contributed by atoms with Crippen molar-refractivity contribution >= 4 is 0 Å². The van der Waals surface area contributed by atoms with E-state index in [0.717, 1.165) is 0 Å². The van der Waals surface area contributed by atoms with E-state index in [1.165, 1.54) is 71.5 Å². The number of nitrogens with zero attached hydrogens (tertiary/aromatic N) is 2. The van der Waals surface area contributed by atoms with E-state index in [2.05, 4.69) is 29.1 Å². The van der Waals surface area contributed by atoms with Gasteiger partial charge in [0.2, 0.25) is 0 Å². The lowest BCUT2D eigenvalue weighted by Crippen LogP contribution is -2.45. The molecule has 0 aromatic heterocycles. The van der Waals surface area contributed by atoms with Crippen molar-refractivity contribution in [2.24, 2.45) is 5.41 Å². The summed E-state index contributed by atoms with van der Waals surface area (Å²) in [5, 5.41) is 3.50. The van der Waals surface area contributed by atoms with E-state index in [-0.39, 0.29) is 0 Å². The molecule has 2 rings (SSSR count). The van der Waals surface area contributed by atoms with Gasteiger partial charge in [0.1, 0.15) is 0 Å². The number of hydrogen-bond donors (Lipinski definition) is 1. The minimum atomic E-state index is 0.605. The Morgan fingerprint density at radius 1 is 1.06 bits per heavy atom. The maximum atomic E-state index is 3.50. The third kappa shape index (κ3) is 3.67. The highest BCUT2D eigenvalue weighted by Gasteiger charge is 2.32. The molecule has 100 valence electrons. The van der Waals surface area contributed by atoms with Crippen LogP contribution in [0.4, 0.5) is 0 Å². The topological polar surface area (TPSA) is 18.5 Å². The highest BCUT2D eigenvalue weighted by atomic mass is 15.2. The number of nitrogens with one attached hydrogen (secondary N) is 1. The quantitative estimate of drug-likeness (QED) is 0.803. The second-order valence-corrected chi connectivity index (χ2v) is 6.04. The molecule has 2 saturated heterocycles. The van der Waals surface area contributed by atoms with Crippen LogP contribution in [0.25, 0.3) is 0 Å². The van der Waals surface area contributed by atoms with Gasteiger partial charge in [-0.3, -0.25) is 0 Å². The van der Waals surface area contributed by atoms with E-state index < -0.39 is 0 Å². The summed E-state index contributed by atoms with van der Waals surface area (Å²) in [4.78, 5) is 5.19. The van der Waals surface area contributed by atoms with Crippen LogP contribution in [0.3, 0.4) is 0 Å². The van der Waals surface area contributed by atoms with Crippen LogP contribution in [0, 0.1) is 5.41 Å². The fourth-order valence-corrected chi connectivity index (χ4v) is 3.31. The fourth-order valence-electron chi connectivity index (χ4n) is 3.31. The van der Waals surface area contributed by atoms with E-state index in [4.69, 9.17) is 0 Å². The Morgan fingerprint density at radius 3 is 2.53 bits per heavy atom. The van der Waals surface area contributed by atoms with Crippen molar-refractivity contribution in [1.82, 2.24) is 15.1 Å². The molecule has 0 saturated carbocycles. The number of hydrogen-bond acceptors (Lipinski definition) is 3. The molecule has 0 aromatic carbocycles. The molecule has 2 aliphatic heterocycles. The lowest BCUT2D eigenvalue weighted by atomic mass is 9.76. The Balaban J connectivity index is 1.88. The van der Waals surface area contributed by atoms with Crippen molar-refractivity contribution < 1.29 is 0 Å². The molecular formula is C14H29N3. The zero-order chi connectivity index (χ0) is 12.1. The Morgan fingerprint density at radius 2 is 1.82 bits per heavy atom. The largest absolute Gasteiger partial charge is 0.317 e. The zero-order valence-corrected chi connectivity index (χ0v) is 11.7. The third-order valence-electron chi connectivity index (χ3n) is 4.79. The van der Waals surface area contributed by atoms with Gasteiger partial charge in [-0.1, -0.05) is 6.92 Å². The monoisotopic (exact) mass is 239 g/mol. The van der Waals surface area contributed by atoms with Gasteiger partial charge in [0.25, 0.3) is 0 Å². The number of likely N-dealkylation sites (N-methyl/N-ethyl adjacent to an activating group) is 1. The van der Waals surface area contributed by atoms with Gasteiger partial charge in [-0.05, 0) is 64.3 Å². The third-order valence-corrected chi connectivity index (χ3v) is 4.79. The second-order valence-electron chi connectivity index (χ2n) is 6.04. The van der Waals surface area contributed by atoms with E-state index in [9.17, 15) is 0 Å². The number of rotatable bonds is 3. The summed E-state index contributed by atoms with van der Waals surface area (Å²) < 4.78 is 0. The predicted octanol–water partition coefficient (Wildman–Crippen LogP) is 1.40. The van der Waals surface area contributed by atoms with Gasteiger partial charge in [0.05, 0.1) is 0 Å². The SMILES string of the molecule is CCC1(CN2CCCN(C)CC2)CCNCC1. The first kappa shape index (κ1) is 13.3. The van der Waals surface area contributed by atoms with Crippen LogP contribution < -0.4 is 5.32 Å². The first-order valence-electron chi connectivity index (χ1n) is 7.36. The van der Waals surface area contributed by atoms with Gasteiger partial charge in [0.15, 0.2) is 0 Å². The molecule has 0 bridgehead atoms. The van der Waals surface area contributed by atoms with Crippen molar-refractivity contribution in [3.05, 3.63) is 0 Å². The summed E-state index contributed by atoms with van der Waals surface area (Å²) >= 11 is 0. The van der Waals surface area contributed by atoms with E-state index >= 15 is 0 Å². The molecule has 0 atom stereocenters. The van der Waals surface area contributed by atoms with Gasteiger partial charge in [-0.25, -0.2) is 0 Å². The Labute approximate surface area is 107 Å². The molecule has 2 aliphatic rings. The standard InChI is InChI=1S/C14H29N3/c1-3-14(5-7-15-8-6-14)13-17-10-4-9-16(2)11-12-17/h15H,3-13H2,1-2H3. The summed E-state index contributed by atoms with van der Waals surface area (Å²) in [7, 11) is 2.25. The minimum absolute atomic E-state index is 0.605. The van der Waals surface area contributed by atoms with Gasteiger partial charge < -0.3 is 15.1 Å². The van der Waals surface area contributed by atoms with Gasteiger partial charge in [-0.15, -0.1) is 0 Å². The van der Waals surface area contributed by atoms with E-state index in [0.29, 0.717) is 5.41 Å². The summed E-state index contributed by atoms with van der Waals surface area (Å²) in [6, 6.07) is 0. The summed E-state index contributed by atoms with van der Waals surface area (Å²) in [6.45, 7) is 11.3. The molecule has 3 nitrogen and oxygen atoms in total. The van der Waals surface area contributed by atoms with Crippen LogP contribution >= 0.6 is 0 Å². The van der Waals surface area contributed by atoms with Crippen molar-refractivity contribution in [1.29, 1.82) is 0 Å². The average Bonchev–Trinajstić information content (AvgIpc) is 2.56. The summed E-state index contributed by atoms with van der Waals surface area (Å²) in [5.41, 5.74) is 0.605. The molecule has 17 heavy (non-hydrogen) atoms. The lowest BCUT2D eigenvalue weighted by molar-refractivity contribution is 0.109. The maximum absolute atomic E-state index is 3.50. The molecule has 0 radical (unpaired) electrons. The Kier molecular flexibility index (Phi) is 4.83. The molecule has 0 spiro atoms. The molecule has 0 amide bonds. The number of piperidine rings is 1. The lowest BCUT2D eigenvalue weighted by Gasteiger charge is -2.40. The van der Waals surface area contributed by atoms with Gasteiger partial charge in [-0.2, -0.15) is 0 Å². The smallest absolute Gasteiger partial charge is 0.0109 e. The molecule has 1 N–H and O–H groups in total. The average molecular weight is 239 g/mol. The van der Waals surface area contributed by atoms with E-state index in [1.54, 1.807) is 0 Å². The van der Waals surface area contributed by atoms with Gasteiger partial charge >= 0.3 is 0 Å². The van der Waals surface area contributed by atoms with E-state index in [1.807, 2.05) is 0 Å². The second kappa shape index (κ2) is 6.17. The van der Waals surface area contributed by atoms with Crippen molar-refractivity contribution in [3.63, 3.8) is 0 Å². The van der Waals surface area contributed by atoms with Crippen LogP contribution in [0.5, 0.6) is 0 Å². The zero-order valence-electron chi connectivity index (χ0n) is 11.7. The minimum Gasteiger partial charge on any atom is -0.317 e. The van der Waals surface area contributed by atoms with Gasteiger partial charge in [0, 0.05) is 19.6 Å². The highest BCUT2D eigenvalue weighted by Crippen LogP contribution is 2.33. The fraction of sp³-hybridized carbons (Fsp3) is 1.00. The summed E-state index contributed by atoms with van der Waals surface area (Å²) in [5.74, 6) is 0. The molecular weight excluding hydrogens is 210 g/mol. The van der Waals surface area contributed by atoms with Crippen LogP contribution in [0.2, 0.25) is 0 Å². The molecule has 0 aromatic rings. The van der Waals surface area contributed by atoms with Crippen molar-refractivity contribution in [2.45, 2.75) is 32.6 Å². The first-order valence-corrected chi connectivity index (χ1v) is 7.36. The van der Waals surface area contributed by atoms with Crippen molar-refractivity contribution in [3.8, 4) is 0 Å². The predicted molar refractivity (Wildman–Crippen MR) is 73.4 cm³/mol. The molecule has 2 heterocycles. The summed E-state index contributed by atoms with van der Waals surface area (Å²) in [6.07, 6.45) is 5.43. The maximum Gasteiger partial charge on any atom is 0.0109 e.